The molecule has 5 heteroatoms. The van der Waals surface area contributed by atoms with Crippen LogP contribution >= 0.6 is 0 Å². The molecular formula is C31H36N4O. The third-order valence-corrected chi connectivity index (χ3v) is 11.0. The number of rotatable bonds is 2. The largest absolute Gasteiger partial charge is 0.295 e. The van der Waals surface area contributed by atoms with E-state index < -0.39 is 0 Å². The van der Waals surface area contributed by atoms with Crippen molar-refractivity contribution >= 4 is 16.7 Å². The zero-order valence-corrected chi connectivity index (χ0v) is 21.7. The number of carbonyl (C=O) groups is 1. The van der Waals surface area contributed by atoms with Crippen LogP contribution in [0.2, 0.25) is 0 Å². The van der Waals surface area contributed by atoms with Crippen LogP contribution in [-0.2, 0) is 4.79 Å². The number of hydrogen-bond acceptors (Lipinski definition) is 4. The lowest BCUT2D eigenvalue weighted by molar-refractivity contribution is -0.117. The Kier molecular flexibility index (Phi) is 4.87. The summed E-state index contributed by atoms with van der Waals surface area (Å²) in [5, 5.41) is 15.7. The Morgan fingerprint density at radius 3 is 2.61 bits per heavy atom. The van der Waals surface area contributed by atoms with E-state index in [2.05, 4.69) is 49.4 Å². The van der Waals surface area contributed by atoms with Crippen LogP contribution in [0.4, 0.5) is 0 Å². The van der Waals surface area contributed by atoms with Gasteiger partial charge in [-0.25, -0.2) is 4.68 Å². The molecule has 0 bridgehead atoms. The van der Waals surface area contributed by atoms with Gasteiger partial charge in [0.05, 0.1) is 17.1 Å². The van der Waals surface area contributed by atoms with Gasteiger partial charge in [0.2, 0.25) is 0 Å². The summed E-state index contributed by atoms with van der Waals surface area (Å²) in [5.41, 5.74) is 6.08. The third kappa shape index (κ3) is 3.07. The van der Waals surface area contributed by atoms with Gasteiger partial charge in [-0.3, -0.25) is 4.79 Å². The van der Waals surface area contributed by atoms with E-state index in [-0.39, 0.29) is 10.8 Å². The van der Waals surface area contributed by atoms with Crippen molar-refractivity contribution in [2.45, 2.75) is 78.1 Å². The summed E-state index contributed by atoms with van der Waals surface area (Å²) in [5.74, 6) is 2.92. The van der Waals surface area contributed by atoms with Crippen LogP contribution in [-0.4, -0.2) is 25.8 Å². The maximum absolute atomic E-state index is 12.2. The first-order valence-electron chi connectivity index (χ1n) is 13.9. The first kappa shape index (κ1) is 22.4. The average Bonchev–Trinajstić information content (AvgIpc) is 3.48. The molecule has 2 aromatic heterocycles. The molecule has 6 atom stereocenters. The number of ketones is 1. The lowest BCUT2D eigenvalue weighted by Crippen LogP contribution is -2.50. The highest BCUT2D eigenvalue weighted by Gasteiger charge is 2.59. The highest BCUT2D eigenvalue weighted by atomic mass is 16.1. The third-order valence-electron chi connectivity index (χ3n) is 11.0. The standard InChI is InChI=1S/C31H36N4O/c1-19-24-18-35(21-7-5-4-6-8-21)34-28(24)29(33-32-19)27-12-11-25-23-10-9-20-17-22(36)13-15-30(20,2)26(23)14-16-31(25,27)3/h4-8,17-18,23,25-27H,9-16H2,1-3H3. The van der Waals surface area contributed by atoms with Gasteiger partial charge in [-0.1, -0.05) is 37.6 Å². The number of fused-ring (bicyclic) bond motifs is 6. The van der Waals surface area contributed by atoms with Gasteiger partial charge < -0.3 is 0 Å². The lowest BCUT2D eigenvalue weighted by atomic mass is 9.46. The van der Waals surface area contributed by atoms with Crippen molar-refractivity contribution in [1.82, 2.24) is 20.0 Å². The molecule has 4 aliphatic rings. The minimum atomic E-state index is 0.224. The van der Waals surface area contributed by atoms with Crippen molar-refractivity contribution in [2.75, 3.05) is 0 Å². The molecule has 0 N–H and O–H groups in total. The zero-order chi connectivity index (χ0) is 24.7. The van der Waals surface area contributed by atoms with Gasteiger partial charge in [0.1, 0.15) is 5.52 Å². The molecule has 0 spiro atoms. The number of nitrogens with zero attached hydrogens (tertiary/aromatic N) is 4. The summed E-state index contributed by atoms with van der Waals surface area (Å²) in [6.45, 7) is 7.07. The van der Waals surface area contributed by atoms with Gasteiger partial charge >= 0.3 is 0 Å². The van der Waals surface area contributed by atoms with Crippen LogP contribution in [0.5, 0.6) is 0 Å². The highest BCUT2D eigenvalue weighted by Crippen LogP contribution is 2.68. The molecule has 1 aromatic carbocycles. The van der Waals surface area contributed by atoms with E-state index in [1.54, 1.807) is 0 Å². The second kappa shape index (κ2) is 7.84. The van der Waals surface area contributed by atoms with E-state index in [0.29, 0.717) is 23.5 Å². The molecule has 4 aliphatic carbocycles. The molecule has 0 radical (unpaired) electrons. The smallest absolute Gasteiger partial charge is 0.155 e. The van der Waals surface area contributed by atoms with Crippen LogP contribution in [0, 0.1) is 35.5 Å². The van der Waals surface area contributed by atoms with Crippen molar-refractivity contribution in [3.8, 4) is 5.69 Å². The topological polar surface area (TPSA) is 60.7 Å². The minimum Gasteiger partial charge on any atom is -0.295 e. The van der Waals surface area contributed by atoms with Gasteiger partial charge in [0.15, 0.2) is 5.78 Å². The zero-order valence-electron chi connectivity index (χ0n) is 21.7. The predicted octanol–water partition coefficient (Wildman–Crippen LogP) is 6.74. The van der Waals surface area contributed by atoms with E-state index in [0.717, 1.165) is 53.2 Å². The van der Waals surface area contributed by atoms with Crippen molar-refractivity contribution in [2.24, 2.45) is 28.6 Å². The van der Waals surface area contributed by atoms with Gasteiger partial charge in [-0.2, -0.15) is 15.3 Å². The lowest BCUT2D eigenvalue weighted by Gasteiger charge is -2.58. The van der Waals surface area contributed by atoms with Gasteiger partial charge in [0.25, 0.3) is 0 Å². The molecule has 7 rings (SSSR count). The number of aromatic nitrogens is 4. The maximum Gasteiger partial charge on any atom is 0.155 e. The number of carbonyl (C=O) groups excluding carboxylic acids is 1. The van der Waals surface area contributed by atoms with Crippen LogP contribution in [0.1, 0.15) is 82.5 Å². The summed E-state index contributed by atoms with van der Waals surface area (Å²) < 4.78 is 2.00. The predicted molar refractivity (Wildman–Crippen MR) is 141 cm³/mol. The first-order chi connectivity index (χ1) is 17.4. The summed E-state index contributed by atoms with van der Waals surface area (Å²) >= 11 is 0. The molecule has 2 heterocycles. The van der Waals surface area contributed by atoms with E-state index in [4.69, 9.17) is 10.2 Å². The van der Waals surface area contributed by atoms with Crippen LogP contribution in [0.25, 0.3) is 16.6 Å². The molecule has 0 amide bonds. The molecule has 0 aliphatic heterocycles. The second-order valence-electron chi connectivity index (χ2n) is 12.5. The van der Waals surface area contributed by atoms with Crippen LogP contribution in [0.3, 0.4) is 0 Å². The van der Waals surface area contributed by atoms with Gasteiger partial charge in [-0.15, -0.1) is 0 Å². The van der Waals surface area contributed by atoms with E-state index in [1.165, 1.54) is 37.7 Å². The fourth-order valence-corrected chi connectivity index (χ4v) is 9.01. The number of para-hydroxylation sites is 1. The molecule has 0 saturated heterocycles. The summed E-state index contributed by atoms with van der Waals surface area (Å²) in [4.78, 5) is 12.2. The molecule has 5 nitrogen and oxygen atoms in total. The molecule has 3 aromatic rings. The number of hydrogen-bond donors (Lipinski definition) is 0. The van der Waals surface area contributed by atoms with Gasteiger partial charge in [-0.05, 0) is 98.7 Å². The van der Waals surface area contributed by atoms with E-state index >= 15 is 0 Å². The summed E-state index contributed by atoms with van der Waals surface area (Å²) in [6.07, 6.45) is 13.2. The Morgan fingerprint density at radius 1 is 0.944 bits per heavy atom. The summed E-state index contributed by atoms with van der Waals surface area (Å²) in [7, 11) is 0. The SMILES string of the molecule is Cc1nnc(C2CCC3C4CCC5=CC(=O)CCC5(C)C4CCC23C)c2nn(-c3ccccc3)cc12. The minimum absolute atomic E-state index is 0.224. The van der Waals surface area contributed by atoms with Crippen LogP contribution < -0.4 is 0 Å². The fraction of sp³-hybridized carbons (Fsp3) is 0.548. The Bertz CT molecular complexity index is 1390. The van der Waals surface area contributed by atoms with Crippen molar-refractivity contribution < 1.29 is 4.79 Å². The van der Waals surface area contributed by atoms with Crippen molar-refractivity contribution in [1.29, 1.82) is 0 Å². The molecule has 6 unspecified atom stereocenters. The van der Waals surface area contributed by atoms with E-state index in [9.17, 15) is 4.79 Å². The molecule has 36 heavy (non-hydrogen) atoms. The fourth-order valence-electron chi connectivity index (χ4n) is 9.01. The van der Waals surface area contributed by atoms with Crippen LogP contribution in [0.15, 0.2) is 48.2 Å². The van der Waals surface area contributed by atoms with Crippen molar-refractivity contribution in [3.05, 3.63) is 59.6 Å². The highest BCUT2D eigenvalue weighted by molar-refractivity contribution is 5.91. The van der Waals surface area contributed by atoms with Crippen molar-refractivity contribution in [3.63, 3.8) is 0 Å². The molecule has 3 fully saturated rings. The molecule has 186 valence electrons. The van der Waals surface area contributed by atoms with Gasteiger partial charge in [0, 0.05) is 23.9 Å². The normalized spacial score (nSPS) is 35.8. The number of aryl methyl sites for hydroxylation is 1. The van der Waals surface area contributed by atoms with E-state index in [1.807, 2.05) is 23.7 Å². The number of benzene rings is 1. The maximum atomic E-state index is 12.2. The monoisotopic (exact) mass is 480 g/mol. The molecular weight excluding hydrogens is 444 g/mol. The Hall–Kier alpha value is -2.82. The molecule has 3 saturated carbocycles. The quantitative estimate of drug-likeness (QED) is 0.407. The second-order valence-corrected chi connectivity index (χ2v) is 12.5. The Morgan fingerprint density at radius 2 is 1.78 bits per heavy atom. The first-order valence-corrected chi connectivity index (χ1v) is 13.9. The Labute approximate surface area is 213 Å². The number of allylic oxidation sites excluding steroid dienone is 1. The average molecular weight is 481 g/mol. The summed E-state index contributed by atoms with van der Waals surface area (Å²) in [6, 6.07) is 10.3. The Balaban J connectivity index is 1.26.